The highest BCUT2D eigenvalue weighted by Crippen LogP contribution is 2.09. The van der Waals surface area contributed by atoms with Gasteiger partial charge in [-0.1, -0.05) is 17.0 Å². The normalized spacial score (nSPS) is 10.0. The predicted octanol–water partition coefficient (Wildman–Crippen LogP) is 0.711. The smallest absolute Gasteiger partial charge is 0.318 e. The van der Waals surface area contributed by atoms with Crippen molar-refractivity contribution >= 4 is 16.0 Å². The maximum Gasteiger partial charge on any atom is 0.318 e. The van der Waals surface area contributed by atoms with Crippen LogP contribution in [-0.2, 0) is 14.8 Å². The van der Waals surface area contributed by atoms with Gasteiger partial charge in [-0.2, -0.15) is 4.72 Å². The van der Waals surface area contributed by atoms with E-state index in [9.17, 15) is 13.2 Å². The molecule has 104 valence electrons. The van der Waals surface area contributed by atoms with Crippen LogP contribution in [0.25, 0.3) is 10.4 Å². The number of nitrogens with zero attached hydrogens (tertiary/aromatic N) is 3. The molecule has 0 atom stereocenters. The summed E-state index contributed by atoms with van der Waals surface area (Å²) in [7, 11) is -3.85. The molecule has 0 spiro atoms. The van der Waals surface area contributed by atoms with E-state index in [2.05, 4.69) is 21.9 Å². The summed E-state index contributed by atoms with van der Waals surface area (Å²) in [6.07, 6.45) is 0. The van der Waals surface area contributed by atoms with E-state index in [0.717, 1.165) is 0 Å². The Morgan fingerprint density at radius 2 is 2.05 bits per heavy atom. The van der Waals surface area contributed by atoms with E-state index in [1.165, 1.54) is 24.3 Å². The van der Waals surface area contributed by atoms with Gasteiger partial charge in [0.15, 0.2) is 0 Å². The number of sulfonamides is 1. The van der Waals surface area contributed by atoms with Gasteiger partial charge in [0.2, 0.25) is 10.0 Å². The Kier molecular flexibility index (Phi) is 5.56. The Balaban J connectivity index is 2.82. The minimum atomic E-state index is -3.85. The molecule has 0 aromatic heterocycles. The Hall–Kier alpha value is -2.53. The molecule has 1 aromatic carbocycles. The predicted molar refractivity (Wildman–Crippen MR) is 70.2 cm³/mol. The van der Waals surface area contributed by atoms with Crippen molar-refractivity contribution in [2.45, 2.75) is 4.90 Å². The van der Waals surface area contributed by atoms with Crippen LogP contribution >= 0.6 is 0 Å². The quantitative estimate of drug-likeness (QED) is 0.358. The molecule has 0 aliphatic carbocycles. The van der Waals surface area contributed by atoms with Crippen LogP contribution in [0, 0.1) is 11.8 Å². The van der Waals surface area contributed by atoms with Crippen LogP contribution < -0.4 is 4.72 Å². The first-order chi connectivity index (χ1) is 9.45. The van der Waals surface area contributed by atoms with Crippen molar-refractivity contribution in [2.24, 2.45) is 5.11 Å². The zero-order valence-electron chi connectivity index (χ0n) is 10.1. The summed E-state index contributed by atoms with van der Waals surface area (Å²) in [5.74, 6) is 4.00. The molecule has 0 saturated heterocycles. The standard InChI is InChI=1S/C11H10N4O4S/c12-15-13-7-1-2-9-3-5-10(6-4-9)20(18,19)14-8-11(16)17/h3-6,14H,7-8H2,(H,16,17). The molecule has 1 aromatic rings. The van der Waals surface area contributed by atoms with Crippen molar-refractivity contribution in [1.29, 1.82) is 0 Å². The number of carboxylic acids is 1. The molecule has 0 aliphatic heterocycles. The number of hydrogen-bond acceptors (Lipinski definition) is 4. The van der Waals surface area contributed by atoms with Crippen LogP contribution in [0.1, 0.15) is 5.56 Å². The van der Waals surface area contributed by atoms with Crippen LogP contribution in [0.15, 0.2) is 34.3 Å². The van der Waals surface area contributed by atoms with E-state index < -0.39 is 22.5 Å². The molecule has 0 aliphatic rings. The SMILES string of the molecule is [N-]=[N+]=NCC#Cc1ccc(S(=O)(=O)NCC(=O)O)cc1. The molecular formula is C11H10N4O4S. The first-order valence-electron chi connectivity index (χ1n) is 5.27. The van der Waals surface area contributed by atoms with Gasteiger partial charge in [-0.25, -0.2) is 8.42 Å². The number of benzene rings is 1. The number of carboxylic acid groups (broad SMARTS) is 1. The topological polar surface area (TPSA) is 132 Å². The molecule has 1 rings (SSSR count). The van der Waals surface area contributed by atoms with Crippen molar-refractivity contribution in [3.8, 4) is 11.8 Å². The number of aliphatic carboxylic acids is 1. The molecule has 9 heteroatoms. The van der Waals surface area contributed by atoms with Crippen LogP contribution in [-0.4, -0.2) is 32.6 Å². The Bertz CT molecular complexity index is 694. The second-order valence-electron chi connectivity index (χ2n) is 3.43. The second kappa shape index (κ2) is 7.16. The minimum absolute atomic E-state index is 0.0245. The number of nitrogens with one attached hydrogen (secondary N) is 1. The molecule has 0 heterocycles. The third-order valence-corrected chi connectivity index (χ3v) is 3.44. The number of carbonyl (C=O) groups is 1. The Morgan fingerprint density at radius 3 is 2.60 bits per heavy atom. The summed E-state index contributed by atoms with van der Waals surface area (Å²) >= 11 is 0. The van der Waals surface area contributed by atoms with E-state index in [0.29, 0.717) is 5.56 Å². The zero-order valence-corrected chi connectivity index (χ0v) is 11.0. The molecule has 20 heavy (non-hydrogen) atoms. The lowest BCUT2D eigenvalue weighted by atomic mass is 10.2. The van der Waals surface area contributed by atoms with E-state index in [1.807, 2.05) is 4.72 Å². The van der Waals surface area contributed by atoms with Crippen LogP contribution in [0.4, 0.5) is 0 Å². The second-order valence-corrected chi connectivity index (χ2v) is 5.20. The highest BCUT2D eigenvalue weighted by molar-refractivity contribution is 7.89. The Labute approximate surface area is 115 Å². The van der Waals surface area contributed by atoms with Crippen molar-refractivity contribution < 1.29 is 18.3 Å². The van der Waals surface area contributed by atoms with Gasteiger partial charge in [0.1, 0.15) is 6.54 Å². The Morgan fingerprint density at radius 1 is 1.40 bits per heavy atom. The molecule has 8 nitrogen and oxygen atoms in total. The molecule has 0 saturated carbocycles. The molecule has 0 fully saturated rings. The van der Waals surface area contributed by atoms with Gasteiger partial charge in [-0.15, -0.1) is 0 Å². The van der Waals surface area contributed by atoms with Gasteiger partial charge in [-0.05, 0) is 29.8 Å². The van der Waals surface area contributed by atoms with Crippen LogP contribution in [0.2, 0.25) is 0 Å². The third kappa shape index (κ3) is 4.99. The summed E-state index contributed by atoms with van der Waals surface area (Å²) in [6, 6.07) is 5.56. The van der Waals surface area contributed by atoms with Crippen molar-refractivity contribution in [2.75, 3.05) is 13.1 Å². The van der Waals surface area contributed by atoms with Gasteiger partial charge in [0.25, 0.3) is 0 Å². The summed E-state index contributed by atoms with van der Waals surface area (Å²) in [6.45, 7) is -0.660. The minimum Gasteiger partial charge on any atom is -0.480 e. The van der Waals surface area contributed by atoms with Gasteiger partial charge in [-0.3, -0.25) is 4.79 Å². The monoisotopic (exact) mass is 294 g/mol. The largest absolute Gasteiger partial charge is 0.480 e. The van der Waals surface area contributed by atoms with Crippen molar-refractivity contribution in [3.63, 3.8) is 0 Å². The maximum absolute atomic E-state index is 11.7. The average molecular weight is 294 g/mol. The first kappa shape index (κ1) is 15.5. The lowest BCUT2D eigenvalue weighted by molar-refractivity contribution is -0.135. The van der Waals surface area contributed by atoms with Crippen LogP contribution in [0.5, 0.6) is 0 Å². The van der Waals surface area contributed by atoms with E-state index >= 15 is 0 Å². The lowest BCUT2D eigenvalue weighted by Gasteiger charge is -2.04. The molecular weight excluding hydrogens is 284 g/mol. The highest BCUT2D eigenvalue weighted by Gasteiger charge is 2.14. The summed E-state index contributed by atoms with van der Waals surface area (Å²) < 4.78 is 25.3. The number of hydrogen-bond donors (Lipinski definition) is 2. The molecule has 0 radical (unpaired) electrons. The molecule has 2 N–H and O–H groups in total. The average Bonchev–Trinajstić information content (AvgIpc) is 2.42. The maximum atomic E-state index is 11.7. The fourth-order valence-electron chi connectivity index (χ4n) is 1.17. The van der Waals surface area contributed by atoms with Crippen LogP contribution in [0.3, 0.4) is 0 Å². The molecule has 0 unspecified atom stereocenters. The fraction of sp³-hybridized carbons (Fsp3) is 0.182. The van der Waals surface area contributed by atoms with Crippen molar-refractivity contribution in [3.05, 3.63) is 40.3 Å². The molecule has 0 amide bonds. The first-order valence-corrected chi connectivity index (χ1v) is 6.75. The molecule has 0 bridgehead atoms. The number of azide groups is 1. The number of rotatable bonds is 5. The summed E-state index contributed by atoms with van der Waals surface area (Å²) in [5.41, 5.74) is 8.61. The fourth-order valence-corrected chi connectivity index (χ4v) is 2.14. The van der Waals surface area contributed by atoms with Gasteiger partial charge < -0.3 is 5.11 Å². The summed E-state index contributed by atoms with van der Waals surface area (Å²) in [5, 5.41) is 11.7. The highest BCUT2D eigenvalue weighted by atomic mass is 32.2. The van der Waals surface area contributed by atoms with E-state index in [4.69, 9.17) is 10.6 Å². The lowest BCUT2D eigenvalue weighted by Crippen LogP contribution is -2.29. The van der Waals surface area contributed by atoms with Gasteiger partial charge in [0, 0.05) is 10.5 Å². The zero-order chi connectivity index (χ0) is 15.0. The van der Waals surface area contributed by atoms with Gasteiger partial charge >= 0.3 is 5.97 Å². The van der Waals surface area contributed by atoms with Gasteiger partial charge in [0.05, 0.1) is 11.4 Å². The third-order valence-electron chi connectivity index (χ3n) is 2.02. The van der Waals surface area contributed by atoms with E-state index in [1.54, 1.807) is 0 Å². The van der Waals surface area contributed by atoms with E-state index in [-0.39, 0.29) is 11.4 Å². The van der Waals surface area contributed by atoms with Crippen molar-refractivity contribution in [1.82, 2.24) is 4.72 Å². The summed E-state index contributed by atoms with van der Waals surface area (Å²) in [4.78, 5) is 12.8.